The Bertz CT molecular complexity index is 481. The first-order valence-corrected chi connectivity index (χ1v) is 5.24. The van der Waals surface area contributed by atoms with Crippen LogP contribution in [0.1, 0.15) is 19.4 Å². The van der Waals surface area contributed by atoms with Crippen molar-refractivity contribution in [2.75, 3.05) is 12.3 Å². The lowest BCUT2D eigenvalue weighted by molar-refractivity contribution is -0.137. The minimum absolute atomic E-state index is 0.0246. The van der Waals surface area contributed by atoms with E-state index >= 15 is 0 Å². The zero-order valence-electron chi connectivity index (χ0n) is 9.86. The maximum Gasteiger partial charge on any atom is 0.349 e. The number of nitrogen functional groups attached to an aromatic ring is 1. The van der Waals surface area contributed by atoms with E-state index in [1.54, 1.807) is 38.1 Å². The third kappa shape index (κ3) is 3.08. The van der Waals surface area contributed by atoms with Crippen molar-refractivity contribution in [1.29, 1.82) is 5.26 Å². The van der Waals surface area contributed by atoms with Crippen molar-refractivity contribution in [3.63, 3.8) is 0 Å². The van der Waals surface area contributed by atoms with E-state index in [1.165, 1.54) is 0 Å². The highest BCUT2D eigenvalue weighted by atomic mass is 16.5. The number of anilines is 1. The molecule has 4 nitrogen and oxygen atoms in total. The average Bonchev–Trinajstić information content (AvgIpc) is 2.31. The quantitative estimate of drug-likeness (QED) is 0.373. The first-order chi connectivity index (χ1) is 8.10. The van der Waals surface area contributed by atoms with Crippen molar-refractivity contribution in [3.8, 4) is 6.07 Å². The highest BCUT2D eigenvalue weighted by Crippen LogP contribution is 2.20. The van der Waals surface area contributed by atoms with Gasteiger partial charge in [-0.15, -0.1) is 0 Å². The van der Waals surface area contributed by atoms with Gasteiger partial charge in [-0.25, -0.2) is 4.79 Å². The summed E-state index contributed by atoms with van der Waals surface area (Å²) in [6.07, 6.45) is 0. The Balaban J connectivity index is 3.13. The molecule has 0 aliphatic carbocycles. The van der Waals surface area contributed by atoms with Crippen LogP contribution in [-0.2, 0) is 9.53 Å². The van der Waals surface area contributed by atoms with Gasteiger partial charge in [0, 0.05) is 5.69 Å². The van der Waals surface area contributed by atoms with E-state index in [2.05, 4.69) is 0 Å². The Morgan fingerprint density at radius 3 is 2.47 bits per heavy atom. The molecule has 2 N–H and O–H groups in total. The van der Waals surface area contributed by atoms with E-state index in [9.17, 15) is 4.79 Å². The topological polar surface area (TPSA) is 76.1 Å². The molecule has 0 amide bonds. The molecule has 1 rings (SSSR count). The molecule has 17 heavy (non-hydrogen) atoms. The zero-order valence-corrected chi connectivity index (χ0v) is 9.86. The molecule has 0 fully saturated rings. The van der Waals surface area contributed by atoms with Gasteiger partial charge in [0.25, 0.3) is 0 Å². The average molecular weight is 230 g/mol. The van der Waals surface area contributed by atoms with Gasteiger partial charge >= 0.3 is 5.97 Å². The van der Waals surface area contributed by atoms with Crippen LogP contribution in [-0.4, -0.2) is 12.6 Å². The van der Waals surface area contributed by atoms with Crippen molar-refractivity contribution < 1.29 is 9.53 Å². The molecule has 0 bridgehead atoms. The van der Waals surface area contributed by atoms with Crippen molar-refractivity contribution in [1.82, 2.24) is 0 Å². The second kappa shape index (κ2) is 5.71. The molecule has 0 aliphatic heterocycles. The molecule has 0 aliphatic rings. The van der Waals surface area contributed by atoms with E-state index in [1.807, 2.05) is 6.07 Å². The number of ether oxygens (including phenoxy) is 1. The lowest BCUT2D eigenvalue weighted by Crippen LogP contribution is -2.08. The molecule has 0 saturated heterocycles. The second-order valence-electron chi connectivity index (χ2n) is 3.45. The Hall–Kier alpha value is -2.28. The van der Waals surface area contributed by atoms with Gasteiger partial charge in [-0.2, -0.15) is 5.26 Å². The molecule has 4 heteroatoms. The van der Waals surface area contributed by atoms with E-state index in [-0.39, 0.29) is 12.2 Å². The number of hydrogen-bond acceptors (Lipinski definition) is 4. The van der Waals surface area contributed by atoms with Crippen molar-refractivity contribution in [3.05, 3.63) is 35.4 Å². The highest BCUT2D eigenvalue weighted by Gasteiger charge is 2.14. The second-order valence-corrected chi connectivity index (χ2v) is 3.45. The number of nitrogens with zero attached hydrogens (tertiary/aromatic N) is 1. The Kier molecular flexibility index (Phi) is 4.29. The largest absolute Gasteiger partial charge is 0.462 e. The molecule has 0 spiro atoms. The number of nitriles is 1. The number of carbonyl (C=O) groups excluding carboxylic acids is 1. The zero-order chi connectivity index (χ0) is 12.8. The maximum absolute atomic E-state index is 11.5. The maximum atomic E-state index is 11.5. The molecule has 0 unspecified atom stereocenters. The van der Waals surface area contributed by atoms with Crippen LogP contribution in [0.15, 0.2) is 29.8 Å². The predicted molar refractivity (Wildman–Crippen MR) is 65.7 cm³/mol. The van der Waals surface area contributed by atoms with Crippen molar-refractivity contribution in [2.24, 2.45) is 0 Å². The fourth-order valence-electron chi connectivity index (χ4n) is 1.36. The van der Waals surface area contributed by atoms with Crippen LogP contribution in [0.25, 0.3) is 5.57 Å². The minimum atomic E-state index is -0.593. The molecule has 0 radical (unpaired) electrons. The van der Waals surface area contributed by atoms with Crippen LogP contribution in [0, 0.1) is 11.3 Å². The number of hydrogen-bond donors (Lipinski definition) is 1. The number of rotatable bonds is 3. The Morgan fingerprint density at radius 1 is 1.41 bits per heavy atom. The number of esters is 1. The molecule has 0 atom stereocenters. The summed E-state index contributed by atoms with van der Waals surface area (Å²) in [6.45, 7) is 3.66. The van der Waals surface area contributed by atoms with Gasteiger partial charge < -0.3 is 10.5 Å². The Morgan fingerprint density at radius 2 is 2.00 bits per heavy atom. The smallest absolute Gasteiger partial charge is 0.349 e. The van der Waals surface area contributed by atoms with Gasteiger partial charge in [-0.3, -0.25) is 0 Å². The predicted octanol–water partition coefficient (Wildman–Crippen LogP) is 2.13. The summed E-state index contributed by atoms with van der Waals surface area (Å²) in [5.74, 6) is -0.593. The summed E-state index contributed by atoms with van der Waals surface area (Å²) in [5.41, 5.74) is 7.60. The van der Waals surface area contributed by atoms with Crippen LogP contribution >= 0.6 is 0 Å². The number of benzene rings is 1. The lowest BCUT2D eigenvalue weighted by Gasteiger charge is -2.06. The fourth-order valence-corrected chi connectivity index (χ4v) is 1.36. The van der Waals surface area contributed by atoms with E-state index in [0.717, 1.165) is 5.56 Å². The van der Waals surface area contributed by atoms with Gasteiger partial charge in [0.2, 0.25) is 0 Å². The molecule has 0 heterocycles. The first-order valence-electron chi connectivity index (χ1n) is 5.24. The number of nitrogens with two attached hydrogens (primary N) is 1. The van der Waals surface area contributed by atoms with E-state index in [0.29, 0.717) is 11.3 Å². The lowest BCUT2D eigenvalue weighted by atomic mass is 10.0. The minimum Gasteiger partial charge on any atom is -0.462 e. The Labute approximate surface area is 100 Å². The molecular formula is C13H14N2O2. The fraction of sp³-hybridized carbons (Fsp3) is 0.231. The van der Waals surface area contributed by atoms with Crippen LogP contribution in [0.4, 0.5) is 5.69 Å². The standard InChI is InChI=1S/C13H14N2O2/c1-3-17-13(16)12(8-14)9(2)10-4-6-11(15)7-5-10/h4-7H,3,15H2,1-2H3. The van der Waals surface area contributed by atoms with Crippen LogP contribution in [0.3, 0.4) is 0 Å². The summed E-state index contributed by atoms with van der Waals surface area (Å²) in [4.78, 5) is 11.5. The first kappa shape index (κ1) is 12.8. The molecule has 88 valence electrons. The van der Waals surface area contributed by atoms with Gasteiger partial charge in [-0.05, 0) is 37.1 Å². The van der Waals surface area contributed by atoms with Crippen molar-refractivity contribution >= 4 is 17.2 Å². The molecule has 0 saturated carbocycles. The van der Waals surface area contributed by atoms with Crippen LogP contribution in [0.2, 0.25) is 0 Å². The third-order valence-corrected chi connectivity index (χ3v) is 2.31. The third-order valence-electron chi connectivity index (χ3n) is 2.31. The van der Waals surface area contributed by atoms with Gasteiger partial charge in [-0.1, -0.05) is 12.1 Å². The number of allylic oxidation sites excluding steroid dienone is 1. The molecule has 0 aromatic heterocycles. The monoisotopic (exact) mass is 230 g/mol. The van der Waals surface area contributed by atoms with Crippen LogP contribution < -0.4 is 5.73 Å². The highest BCUT2D eigenvalue weighted by molar-refractivity contribution is 6.01. The molecule has 1 aromatic rings. The summed E-state index contributed by atoms with van der Waals surface area (Å²) < 4.78 is 4.82. The van der Waals surface area contributed by atoms with Gasteiger partial charge in [0.15, 0.2) is 0 Å². The van der Waals surface area contributed by atoms with Gasteiger partial charge in [0.05, 0.1) is 6.61 Å². The SMILES string of the molecule is CCOC(=O)C(C#N)=C(C)c1ccc(N)cc1. The van der Waals surface area contributed by atoms with E-state index in [4.69, 9.17) is 15.7 Å². The van der Waals surface area contributed by atoms with Crippen molar-refractivity contribution in [2.45, 2.75) is 13.8 Å². The van der Waals surface area contributed by atoms with Crippen LogP contribution in [0.5, 0.6) is 0 Å². The number of carbonyl (C=O) groups is 1. The molecular weight excluding hydrogens is 216 g/mol. The summed E-state index contributed by atoms with van der Waals surface area (Å²) in [5, 5.41) is 8.98. The summed E-state index contributed by atoms with van der Waals surface area (Å²) in [6, 6.07) is 8.85. The summed E-state index contributed by atoms with van der Waals surface area (Å²) >= 11 is 0. The normalized spacial score (nSPS) is 11.4. The summed E-state index contributed by atoms with van der Waals surface area (Å²) in [7, 11) is 0. The van der Waals surface area contributed by atoms with E-state index < -0.39 is 5.97 Å². The van der Waals surface area contributed by atoms with Gasteiger partial charge in [0.1, 0.15) is 11.6 Å². The molecule has 1 aromatic carbocycles.